The number of nitriles is 1. The molecule has 0 bridgehead atoms. The molecule has 0 radical (unpaired) electrons. The number of nitrogens with zero attached hydrogens (tertiary/aromatic N) is 3. The number of nitrogens with one attached hydrogen (secondary N) is 1. The fourth-order valence-electron chi connectivity index (χ4n) is 2.57. The number of amides is 1. The Kier molecular flexibility index (Phi) is 5.94. The summed E-state index contributed by atoms with van der Waals surface area (Å²) in [6.07, 6.45) is 0. The molecule has 0 aliphatic rings. The van der Waals surface area contributed by atoms with Gasteiger partial charge in [0.25, 0.3) is 5.56 Å². The van der Waals surface area contributed by atoms with Crippen LogP contribution in [-0.2, 0) is 11.3 Å². The van der Waals surface area contributed by atoms with Crippen molar-refractivity contribution in [1.82, 2.24) is 9.55 Å². The molecule has 0 fully saturated rings. The summed E-state index contributed by atoms with van der Waals surface area (Å²) in [4.78, 5) is 29.7. The molecule has 1 amide bonds. The minimum absolute atomic E-state index is 0.0952. The van der Waals surface area contributed by atoms with Gasteiger partial charge in [-0.25, -0.2) is 4.98 Å². The lowest BCUT2D eigenvalue weighted by Gasteiger charge is -2.14. The number of benzene rings is 1. The fraction of sp³-hybridized carbons (Fsp3) is 0.263. The van der Waals surface area contributed by atoms with E-state index in [1.807, 2.05) is 32.0 Å². The average molecular weight is 399 g/mol. The van der Waals surface area contributed by atoms with Gasteiger partial charge in [-0.15, -0.1) is 11.3 Å². The summed E-state index contributed by atoms with van der Waals surface area (Å²) in [6, 6.07) is 10.9. The molecule has 1 N–H and O–H groups in total. The van der Waals surface area contributed by atoms with E-state index in [1.165, 1.54) is 23.1 Å². The zero-order valence-electron chi connectivity index (χ0n) is 14.9. The van der Waals surface area contributed by atoms with Crippen molar-refractivity contribution in [2.24, 2.45) is 5.92 Å². The van der Waals surface area contributed by atoms with E-state index in [9.17, 15) is 9.59 Å². The Labute approximate surface area is 164 Å². The summed E-state index contributed by atoms with van der Waals surface area (Å²) in [6.45, 7) is 4.59. The predicted octanol–water partition coefficient (Wildman–Crippen LogP) is 3.72. The molecule has 6 nitrogen and oxygen atoms in total. The average Bonchev–Trinajstić information content (AvgIpc) is 3.09. The van der Waals surface area contributed by atoms with E-state index in [2.05, 4.69) is 10.3 Å². The second kappa shape index (κ2) is 8.37. The van der Waals surface area contributed by atoms with Crippen LogP contribution in [0.1, 0.15) is 19.4 Å². The van der Waals surface area contributed by atoms with Crippen molar-refractivity contribution in [3.8, 4) is 6.07 Å². The number of anilines is 1. The SMILES string of the molecule is CC(C)Cn1c(SCC(=O)Nc2sccc2C#N)nc2ccccc2c1=O. The van der Waals surface area contributed by atoms with Gasteiger partial charge < -0.3 is 5.32 Å². The first-order valence-corrected chi connectivity index (χ1v) is 10.3. The Morgan fingerprint density at radius 3 is 2.89 bits per heavy atom. The van der Waals surface area contributed by atoms with E-state index in [1.54, 1.807) is 28.1 Å². The molecule has 0 aliphatic heterocycles. The van der Waals surface area contributed by atoms with Crippen LogP contribution in [0.15, 0.2) is 45.7 Å². The monoisotopic (exact) mass is 398 g/mol. The minimum Gasteiger partial charge on any atom is -0.316 e. The number of carbonyl (C=O) groups is 1. The summed E-state index contributed by atoms with van der Waals surface area (Å²) in [5, 5.41) is 15.2. The van der Waals surface area contributed by atoms with Crippen LogP contribution >= 0.6 is 23.1 Å². The third kappa shape index (κ3) is 4.38. The van der Waals surface area contributed by atoms with E-state index in [4.69, 9.17) is 5.26 Å². The van der Waals surface area contributed by atoms with Gasteiger partial charge in [0, 0.05) is 6.54 Å². The summed E-state index contributed by atoms with van der Waals surface area (Å²) >= 11 is 2.53. The summed E-state index contributed by atoms with van der Waals surface area (Å²) < 4.78 is 1.64. The molecular weight excluding hydrogens is 380 g/mol. The number of carbonyl (C=O) groups excluding carboxylic acids is 1. The first-order chi connectivity index (χ1) is 13.0. The summed E-state index contributed by atoms with van der Waals surface area (Å²) in [5.41, 5.74) is 0.969. The lowest BCUT2D eigenvalue weighted by atomic mass is 10.2. The molecule has 3 rings (SSSR count). The van der Waals surface area contributed by atoms with E-state index in [-0.39, 0.29) is 23.1 Å². The highest BCUT2D eigenvalue weighted by Gasteiger charge is 2.15. The van der Waals surface area contributed by atoms with Crippen LogP contribution in [-0.4, -0.2) is 21.2 Å². The molecule has 3 aromatic rings. The van der Waals surface area contributed by atoms with Gasteiger partial charge in [-0.2, -0.15) is 5.26 Å². The van der Waals surface area contributed by atoms with Crippen LogP contribution in [0.3, 0.4) is 0 Å². The number of aromatic nitrogens is 2. The molecule has 1 aromatic carbocycles. The van der Waals surface area contributed by atoms with Gasteiger partial charge in [-0.1, -0.05) is 37.7 Å². The molecule has 0 saturated carbocycles. The standard InChI is InChI=1S/C19H18N4O2S2/c1-12(2)10-23-18(25)14-5-3-4-6-15(14)21-19(23)27-11-16(24)22-17-13(9-20)7-8-26-17/h3-8,12H,10-11H2,1-2H3,(H,22,24). The summed E-state index contributed by atoms with van der Waals surface area (Å²) in [7, 11) is 0. The molecule has 0 unspecified atom stereocenters. The molecule has 27 heavy (non-hydrogen) atoms. The number of para-hydroxylation sites is 1. The first-order valence-electron chi connectivity index (χ1n) is 8.39. The number of hydrogen-bond donors (Lipinski definition) is 1. The van der Waals surface area contributed by atoms with E-state index in [0.717, 1.165) is 0 Å². The number of thiophene rings is 1. The van der Waals surface area contributed by atoms with Gasteiger partial charge in [0.2, 0.25) is 5.91 Å². The molecule has 0 atom stereocenters. The molecule has 2 aromatic heterocycles. The lowest BCUT2D eigenvalue weighted by Crippen LogP contribution is -2.26. The van der Waals surface area contributed by atoms with Gasteiger partial charge in [0.05, 0.1) is 22.2 Å². The van der Waals surface area contributed by atoms with Crippen molar-refractivity contribution < 1.29 is 4.79 Å². The molecule has 0 spiro atoms. The Bertz CT molecular complexity index is 1080. The Hall–Kier alpha value is -2.63. The Morgan fingerprint density at radius 1 is 1.37 bits per heavy atom. The third-order valence-corrected chi connectivity index (χ3v) is 5.55. The molecule has 138 valence electrons. The van der Waals surface area contributed by atoms with Crippen LogP contribution in [0.5, 0.6) is 0 Å². The number of fused-ring (bicyclic) bond motifs is 1. The fourth-order valence-corrected chi connectivity index (χ4v) is 4.13. The van der Waals surface area contributed by atoms with Crippen molar-refractivity contribution in [2.45, 2.75) is 25.5 Å². The number of thioether (sulfide) groups is 1. The lowest BCUT2D eigenvalue weighted by molar-refractivity contribution is -0.113. The highest BCUT2D eigenvalue weighted by atomic mass is 32.2. The normalized spacial score (nSPS) is 10.9. The van der Waals surface area contributed by atoms with Crippen molar-refractivity contribution in [2.75, 3.05) is 11.1 Å². The smallest absolute Gasteiger partial charge is 0.262 e. The number of hydrogen-bond acceptors (Lipinski definition) is 6. The topological polar surface area (TPSA) is 87.8 Å². The quantitative estimate of drug-likeness (QED) is 0.505. The largest absolute Gasteiger partial charge is 0.316 e. The second-order valence-electron chi connectivity index (χ2n) is 6.33. The molecular formula is C19H18N4O2S2. The first kappa shape index (κ1) is 19.1. The van der Waals surface area contributed by atoms with Crippen LogP contribution < -0.4 is 10.9 Å². The van der Waals surface area contributed by atoms with Crippen molar-refractivity contribution in [1.29, 1.82) is 5.26 Å². The number of rotatable bonds is 6. The van der Waals surface area contributed by atoms with Crippen LogP contribution in [0.25, 0.3) is 10.9 Å². The van der Waals surface area contributed by atoms with Crippen molar-refractivity contribution >= 4 is 44.9 Å². The van der Waals surface area contributed by atoms with Crippen LogP contribution in [0.2, 0.25) is 0 Å². The highest BCUT2D eigenvalue weighted by Crippen LogP contribution is 2.23. The highest BCUT2D eigenvalue weighted by molar-refractivity contribution is 7.99. The van der Waals surface area contributed by atoms with Crippen LogP contribution in [0.4, 0.5) is 5.00 Å². The van der Waals surface area contributed by atoms with Gasteiger partial charge in [-0.3, -0.25) is 14.2 Å². The van der Waals surface area contributed by atoms with E-state index >= 15 is 0 Å². The molecule has 2 heterocycles. The minimum atomic E-state index is -0.238. The third-order valence-electron chi connectivity index (χ3n) is 3.75. The summed E-state index contributed by atoms with van der Waals surface area (Å²) in [5.74, 6) is 0.131. The van der Waals surface area contributed by atoms with Crippen molar-refractivity contribution in [3.63, 3.8) is 0 Å². The molecule has 0 saturated heterocycles. The zero-order chi connectivity index (χ0) is 19.4. The second-order valence-corrected chi connectivity index (χ2v) is 8.19. The van der Waals surface area contributed by atoms with Gasteiger partial charge in [-0.05, 0) is 29.5 Å². The van der Waals surface area contributed by atoms with Gasteiger partial charge >= 0.3 is 0 Å². The van der Waals surface area contributed by atoms with Crippen molar-refractivity contribution in [3.05, 3.63) is 51.6 Å². The Morgan fingerprint density at radius 2 is 2.15 bits per heavy atom. The maximum Gasteiger partial charge on any atom is 0.262 e. The molecule has 8 heteroatoms. The molecule has 0 aliphatic carbocycles. The maximum atomic E-state index is 12.8. The van der Waals surface area contributed by atoms with Gasteiger partial charge in [0.1, 0.15) is 11.1 Å². The Balaban J connectivity index is 1.84. The van der Waals surface area contributed by atoms with Gasteiger partial charge in [0.15, 0.2) is 5.16 Å². The van der Waals surface area contributed by atoms with Crippen LogP contribution in [0, 0.1) is 17.2 Å². The van der Waals surface area contributed by atoms with E-state index < -0.39 is 0 Å². The maximum absolute atomic E-state index is 12.8. The van der Waals surface area contributed by atoms with E-state index in [0.29, 0.717) is 33.2 Å². The zero-order valence-corrected chi connectivity index (χ0v) is 16.6. The predicted molar refractivity (Wildman–Crippen MR) is 109 cm³/mol.